The van der Waals surface area contributed by atoms with Crippen molar-refractivity contribution in [2.24, 2.45) is 0 Å². The van der Waals surface area contributed by atoms with Gasteiger partial charge >= 0.3 is 0 Å². The van der Waals surface area contributed by atoms with E-state index in [0.29, 0.717) is 0 Å². The summed E-state index contributed by atoms with van der Waals surface area (Å²) in [5.74, 6) is 0. The Morgan fingerprint density at radius 3 is 0.966 bits per heavy atom. The van der Waals surface area contributed by atoms with Crippen LogP contribution in [0.3, 0.4) is 0 Å². The molecule has 0 aliphatic rings. The molecule has 0 amide bonds. The number of rotatable bonds is 12. The van der Waals surface area contributed by atoms with Gasteiger partial charge in [0.15, 0.2) is 0 Å². The minimum Gasteiger partial charge on any atom is -0.310 e. The van der Waals surface area contributed by atoms with E-state index < -0.39 is 0 Å². The predicted octanol–water partition coefficient (Wildman–Crippen LogP) is 31.6. The average Bonchev–Trinajstić information content (AvgIpc) is 1.62. The largest absolute Gasteiger partial charge is 0.310 e. The second-order valence-corrected chi connectivity index (χ2v) is 31.4. The molecule has 25 aromatic rings. The van der Waals surface area contributed by atoms with E-state index in [-0.39, 0.29) is 0 Å². The minimum atomic E-state index is 1.12. The molecule has 119 heavy (non-hydrogen) atoms. The smallest absolute Gasteiger partial charge is 0.0553 e. The first-order valence-electron chi connectivity index (χ1n) is 41.0. The van der Waals surface area contributed by atoms with E-state index in [4.69, 9.17) is 0 Å². The summed E-state index contributed by atoms with van der Waals surface area (Å²) >= 11 is 0. The van der Waals surface area contributed by atoms with Crippen LogP contribution >= 0.6 is 0 Å². The fourth-order valence-electron chi connectivity index (χ4n) is 19.6. The summed E-state index contributed by atoms with van der Waals surface area (Å²) in [5, 5.41) is 25.6. The van der Waals surface area contributed by atoms with E-state index in [1.165, 1.54) is 186 Å². The van der Waals surface area contributed by atoms with Crippen molar-refractivity contribution in [3.8, 4) is 50.4 Å². The monoisotopic (exact) mass is 1510 g/mol. The number of benzene rings is 22. The molecule has 0 aliphatic carbocycles. The van der Waals surface area contributed by atoms with Crippen molar-refractivity contribution in [2.75, 3.05) is 9.80 Å². The van der Waals surface area contributed by atoms with Crippen molar-refractivity contribution in [1.29, 1.82) is 0 Å². The molecule has 0 unspecified atom stereocenters. The van der Waals surface area contributed by atoms with Gasteiger partial charge in [0.05, 0.1) is 33.1 Å². The molecule has 554 valence electrons. The number of fused-ring (bicyclic) bond motifs is 12. The van der Waals surface area contributed by atoms with Crippen LogP contribution in [0.2, 0.25) is 0 Å². The highest BCUT2D eigenvalue weighted by molar-refractivity contribution is 6.36. The lowest BCUT2D eigenvalue weighted by Gasteiger charge is -2.26. The van der Waals surface area contributed by atoms with E-state index in [2.05, 4.69) is 466 Å². The summed E-state index contributed by atoms with van der Waals surface area (Å²) in [6, 6.07) is 162. The Morgan fingerprint density at radius 1 is 0.143 bits per heavy atom. The third-order valence-electron chi connectivity index (χ3n) is 24.9. The molecule has 0 bridgehead atoms. The van der Waals surface area contributed by atoms with Crippen molar-refractivity contribution < 1.29 is 0 Å². The van der Waals surface area contributed by atoms with Crippen molar-refractivity contribution in [1.82, 2.24) is 13.7 Å². The van der Waals surface area contributed by atoms with Gasteiger partial charge in [-0.15, -0.1) is 0 Å². The lowest BCUT2D eigenvalue weighted by Crippen LogP contribution is -2.09. The third kappa shape index (κ3) is 10.9. The van der Waals surface area contributed by atoms with Gasteiger partial charge in [-0.2, -0.15) is 0 Å². The summed E-state index contributed by atoms with van der Waals surface area (Å²) in [5.41, 5.74) is 24.8. The predicted molar refractivity (Wildman–Crippen MR) is 506 cm³/mol. The molecule has 0 radical (unpaired) electrons. The van der Waals surface area contributed by atoms with Crippen LogP contribution in [0.5, 0.6) is 0 Å². The van der Waals surface area contributed by atoms with Crippen LogP contribution in [0.4, 0.5) is 34.1 Å². The number of hydrogen-bond donors (Lipinski definition) is 0. The van der Waals surface area contributed by atoms with Gasteiger partial charge in [0.1, 0.15) is 0 Å². The first kappa shape index (κ1) is 67.7. The molecule has 0 aliphatic heterocycles. The Morgan fingerprint density at radius 2 is 0.462 bits per heavy atom. The summed E-state index contributed by atoms with van der Waals surface area (Å²) in [4.78, 5) is 4.68. The van der Waals surface area contributed by atoms with Gasteiger partial charge in [0, 0.05) is 83.5 Å². The second kappa shape index (κ2) is 27.5. The Kier molecular flexibility index (Phi) is 15.6. The first-order chi connectivity index (χ1) is 59.0. The normalized spacial score (nSPS) is 11.9. The fraction of sp³-hybridized carbons (Fsp3) is 0. The first-order valence-corrected chi connectivity index (χ1v) is 41.0. The zero-order chi connectivity index (χ0) is 78.2. The molecule has 0 fully saturated rings. The molecule has 25 rings (SSSR count). The van der Waals surface area contributed by atoms with E-state index in [1.807, 2.05) is 0 Å². The number of nitrogens with zero attached hydrogens (tertiary/aromatic N) is 5. The van der Waals surface area contributed by atoms with Gasteiger partial charge < -0.3 is 23.5 Å². The third-order valence-corrected chi connectivity index (χ3v) is 24.9. The molecule has 0 spiro atoms. The highest BCUT2D eigenvalue weighted by Gasteiger charge is 2.25. The molecule has 3 aromatic heterocycles. The van der Waals surface area contributed by atoms with Crippen molar-refractivity contribution in [3.63, 3.8) is 0 Å². The van der Waals surface area contributed by atoms with Crippen LogP contribution in [-0.2, 0) is 0 Å². The average molecular weight is 1510 g/mol. The van der Waals surface area contributed by atoms with Crippen LogP contribution in [0.25, 0.3) is 191 Å². The van der Waals surface area contributed by atoms with Gasteiger partial charge in [-0.05, 0) is 260 Å². The molecule has 5 nitrogen and oxygen atoms in total. The maximum Gasteiger partial charge on any atom is 0.0553 e. The van der Waals surface area contributed by atoms with Gasteiger partial charge in [0.2, 0.25) is 0 Å². The van der Waals surface area contributed by atoms with Crippen LogP contribution < -0.4 is 9.80 Å². The van der Waals surface area contributed by atoms with Gasteiger partial charge in [-0.25, -0.2) is 0 Å². The Balaban J connectivity index is 0.000000136. The van der Waals surface area contributed by atoms with E-state index in [0.717, 1.165) is 39.8 Å². The highest BCUT2D eigenvalue weighted by Crippen LogP contribution is 2.50. The molecule has 0 saturated heterocycles. The second-order valence-electron chi connectivity index (χ2n) is 31.4. The molecule has 0 saturated carbocycles. The minimum absolute atomic E-state index is 1.12. The maximum absolute atomic E-state index is 2.43. The Labute approximate surface area is 687 Å². The van der Waals surface area contributed by atoms with Crippen LogP contribution in [0.1, 0.15) is 0 Å². The number of para-hydroxylation sites is 8. The summed E-state index contributed by atoms with van der Waals surface area (Å²) in [7, 11) is 0. The molecule has 22 aromatic carbocycles. The van der Waals surface area contributed by atoms with Crippen LogP contribution in [-0.4, -0.2) is 13.7 Å². The van der Waals surface area contributed by atoms with E-state index in [1.54, 1.807) is 0 Å². The van der Waals surface area contributed by atoms with E-state index >= 15 is 0 Å². The molecular weight excluding hydrogens is 1440 g/mol. The van der Waals surface area contributed by atoms with Crippen LogP contribution in [0, 0.1) is 0 Å². The number of hydrogen-bond acceptors (Lipinski definition) is 2. The molecule has 0 atom stereocenters. The molecule has 0 N–H and O–H groups in total. The molecular formula is C114H73N5. The SMILES string of the molecule is c1ccc(N(c2ccc(-c3ccc(-c4ccc5ccc6c7c(ccc4c57)cc4c6c5ccccc5n4-c4ccccc4)cc3)cc2)c2ccc3ccccc3c2)cc1.c1ccc(N(c2ccccc2)c2ccc3c(c2)c2cc(-c4ccc5ccc6c7c(ccc4c57)cc4c6c5ccccc5n4-c4ccccc4)ccc2n3-c2ccccc2)cc1. The number of anilines is 6. The van der Waals surface area contributed by atoms with Crippen molar-refractivity contribution >= 4 is 175 Å². The molecule has 5 heteroatoms. The maximum atomic E-state index is 2.43. The lowest BCUT2D eigenvalue weighted by molar-refractivity contribution is 1.18. The Hall–Kier alpha value is -15.8. The highest BCUT2D eigenvalue weighted by atomic mass is 15.1. The zero-order valence-corrected chi connectivity index (χ0v) is 64.9. The van der Waals surface area contributed by atoms with Gasteiger partial charge in [0.25, 0.3) is 0 Å². The summed E-state index contributed by atoms with van der Waals surface area (Å²) in [6.07, 6.45) is 0. The number of aromatic nitrogens is 3. The van der Waals surface area contributed by atoms with E-state index in [9.17, 15) is 0 Å². The lowest BCUT2D eigenvalue weighted by atomic mass is 9.88. The summed E-state index contributed by atoms with van der Waals surface area (Å²) < 4.78 is 7.26. The summed E-state index contributed by atoms with van der Waals surface area (Å²) in [6.45, 7) is 0. The Bertz CT molecular complexity index is 8200. The fourth-order valence-corrected chi connectivity index (χ4v) is 19.6. The zero-order valence-electron chi connectivity index (χ0n) is 64.9. The van der Waals surface area contributed by atoms with Crippen molar-refractivity contribution in [3.05, 3.63) is 443 Å². The van der Waals surface area contributed by atoms with Gasteiger partial charge in [-0.3, -0.25) is 0 Å². The molecule has 3 heterocycles. The standard InChI is InChI=1S/C58H37N3.C56H36N2/c1-5-15-41(16-6-1)59(42-17-7-2-8-18-42)45-29-34-54-51(37-45)50-35-39(28-33-53(50)60(54)43-19-9-3-10-20-43)46-30-25-38-26-32-49-57-40(27-31-47(46)56(38)57)36-55-58(49)48-23-13-14-24-52(48)61(55)44-21-11-4-12-22-44;1-3-13-44(14-4-1)57(47-31-25-37-11-7-8-12-42(37)35-47)46-29-23-39(24-30-46)38-19-21-40(22-20-38)48-32-26-41-27-34-51-55-43(28-33-49(48)54(41)55)36-53-56(51)50-17-9-10-18-52(50)58(53)45-15-5-2-6-16-45/h1-37H;1-36H. The quantitative estimate of drug-likeness (QED) is 0.114. The topological polar surface area (TPSA) is 21.3 Å². The van der Waals surface area contributed by atoms with Crippen LogP contribution in [0.15, 0.2) is 443 Å². The van der Waals surface area contributed by atoms with Gasteiger partial charge in [-0.1, -0.05) is 291 Å². The van der Waals surface area contributed by atoms with Crippen molar-refractivity contribution in [2.45, 2.75) is 0 Å².